The molecule has 3 aromatic rings. The second-order valence-corrected chi connectivity index (χ2v) is 9.16. The van der Waals surface area contributed by atoms with E-state index in [-0.39, 0.29) is 0 Å². The molecule has 0 saturated carbocycles. The molecule has 2 unspecified atom stereocenters. The average Bonchev–Trinajstić information content (AvgIpc) is 2.70. The molecule has 2 nitrogen and oxygen atoms in total. The Morgan fingerprint density at radius 2 is 0.833 bits per heavy atom. The Bertz CT molecular complexity index is 900. The highest BCUT2D eigenvalue weighted by Gasteiger charge is 2.12. The van der Waals surface area contributed by atoms with Crippen LogP contribution in [-0.2, 0) is 12.8 Å². The molecule has 0 aliphatic carbocycles. The Hall–Kier alpha value is -2.74. The Labute approximate surface area is 182 Å². The molecule has 30 heavy (non-hydrogen) atoms. The summed E-state index contributed by atoms with van der Waals surface area (Å²) in [7, 11) is 0. The molecule has 3 rings (SSSR count). The van der Waals surface area contributed by atoms with Crippen molar-refractivity contribution in [1.29, 1.82) is 0 Å². The molecular formula is C28H36N2. The lowest BCUT2D eigenvalue weighted by Gasteiger charge is -2.17. The van der Waals surface area contributed by atoms with E-state index in [0.717, 1.165) is 24.2 Å². The molecule has 0 spiro atoms. The van der Waals surface area contributed by atoms with Gasteiger partial charge in [0.05, 0.1) is 0 Å². The Morgan fingerprint density at radius 1 is 0.567 bits per heavy atom. The molecule has 0 saturated heterocycles. The van der Waals surface area contributed by atoms with E-state index in [0.29, 0.717) is 11.8 Å². The average molecular weight is 401 g/mol. The van der Waals surface area contributed by atoms with Gasteiger partial charge in [-0.3, -0.25) is 0 Å². The highest BCUT2D eigenvalue weighted by atomic mass is 14.6. The predicted octanol–water partition coefficient (Wildman–Crippen LogP) is 6.78. The van der Waals surface area contributed by atoms with Gasteiger partial charge in [0, 0.05) is 11.4 Å². The molecule has 0 fully saturated rings. The van der Waals surface area contributed by atoms with Crippen molar-refractivity contribution in [2.75, 3.05) is 11.5 Å². The van der Waals surface area contributed by atoms with Crippen LogP contribution in [0.15, 0.2) is 48.5 Å². The number of nitrogen functional groups attached to an aromatic ring is 2. The molecule has 2 atom stereocenters. The fourth-order valence-electron chi connectivity index (χ4n) is 4.34. The van der Waals surface area contributed by atoms with Gasteiger partial charge in [0.25, 0.3) is 0 Å². The van der Waals surface area contributed by atoms with Gasteiger partial charge in [-0.05, 0) is 96.9 Å². The fourth-order valence-corrected chi connectivity index (χ4v) is 4.34. The summed E-state index contributed by atoms with van der Waals surface area (Å²) in [4.78, 5) is 0. The van der Waals surface area contributed by atoms with Crippen LogP contribution in [0.25, 0.3) is 0 Å². The SMILES string of the molecule is Cc1cc(C(C)Cc2ccc(CC(C)c3cc(C)c(N)c(C)c3)cc2)cc(C)c1N. The Morgan fingerprint density at radius 3 is 1.10 bits per heavy atom. The van der Waals surface area contributed by atoms with Crippen LogP contribution in [0.1, 0.15) is 70.2 Å². The molecule has 0 radical (unpaired) electrons. The van der Waals surface area contributed by atoms with Crippen molar-refractivity contribution < 1.29 is 0 Å². The molecule has 0 aliphatic heterocycles. The van der Waals surface area contributed by atoms with Gasteiger partial charge in [0.1, 0.15) is 0 Å². The minimum Gasteiger partial charge on any atom is -0.398 e. The number of rotatable bonds is 6. The van der Waals surface area contributed by atoms with Gasteiger partial charge in [0.2, 0.25) is 0 Å². The zero-order valence-electron chi connectivity index (χ0n) is 19.3. The van der Waals surface area contributed by atoms with Crippen molar-refractivity contribution >= 4 is 11.4 Å². The minimum absolute atomic E-state index is 0.466. The van der Waals surface area contributed by atoms with Gasteiger partial charge in [-0.25, -0.2) is 0 Å². The third kappa shape index (κ3) is 4.87. The number of hydrogen-bond donors (Lipinski definition) is 2. The van der Waals surface area contributed by atoms with Crippen molar-refractivity contribution in [2.24, 2.45) is 0 Å². The Kier molecular flexibility index (Phi) is 6.55. The van der Waals surface area contributed by atoms with E-state index in [4.69, 9.17) is 11.5 Å². The number of anilines is 2. The van der Waals surface area contributed by atoms with E-state index in [1.54, 1.807) is 0 Å². The fraction of sp³-hybridized carbons (Fsp3) is 0.357. The van der Waals surface area contributed by atoms with E-state index in [1.165, 1.54) is 44.5 Å². The minimum atomic E-state index is 0.466. The summed E-state index contributed by atoms with van der Waals surface area (Å²) in [5.41, 5.74) is 24.3. The lowest BCUT2D eigenvalue weighted by molar-refractivity contribution is 0.748. The molecule has 4 N–H and O–H groups in total. The van der Waals surface area contributed by atoms with Crippen LogP contribution in [0.5, 0.6) is 0 Å². The standard InChI is InChI=1S/C28H36N2/c1-17(25-13-19(3)27(29)20(4)14-25)11-23-7-9-24(10-8-23)12-18(2)26-15-21(5)28(30)22(6)16-26/h7-10,13-18H,11-12,29-30H2,1-6H3. The maximum absolute atomic E-state index is 6.12. The smallest absolute Gasteiger partial charge is 0.0373 e. The number of benzene rings is 3. The highest BCUT2D eigenvalue weighted by molar-refractivity contribution is 5.56. The summed E-state index contributed by atoms with van der Waals surface area (Å²) < 4.78 is 0. The van der Waals surface area contributed by atoms with Crippen LogP contribution in [0.2, 0.25) is 0 Å². The third-order valence-corrected chi connectivity index (χ3v) is 6.48. The van der Waals surface area contributed by atoms with E-state index >= 15 is 0 Å². The van der Waals surface area contributed by atoms with Gasteiger partial charge >= 0.3 is 0 Å². The first kappa shape index (κ1) is 22.0. The topological polar surface area (TPSA) is 52.0 Å². The van der Waals surface area contributed by atoms with Crippen molar-refractivity contribution in [1.82, 2.24) is 0 Å². The largest absolute Gasteiger partial charge is 0.398 e. The Balaban J connectivity index is 1.68. The lowest BCUT2D eigenvalue weighted by atomic mass is 9.89. The number of aryl methyl sites for hydroxylation is 4. The molecule has 2 heteroatoms. The molecule has 0 amide bonds. The first-order valence-corrected chi connectivity index (χ1v) is 11.0. The van der Waals surface area contributed by atoms with Crippen LogP contribution in [0.3, 0.4) is 0 Å². The monoisotopic (exact) mass is 400 g/mol. The number of hydrogen-bond acceptors (Lipinski definition) is 2. The quantitative estimate of drug-likeness (QED) is 0.448. The van der Waals surface area contributed by atoms with E-state index in [9.17, 15) is 0 Å². The maximum Gasteiger partial charge on any atom is 0.0373 e. The third-order valence-electron chi connectivity index (χ3n) is 6.48. The molecule has 0 heterocycles. The molecule has 0 bridgehead atoms. The zero-order valence-corrected chi connectivity index (χ0v) is 19.3. The van der Waals surface area contributed by atoms with E-state index < -0.39 is 0 Å². The summed E-state index contributed by atoms with van der Waals surface area (Å²) in [6.07, 6.45) is 2.07. The molecule has 3 aromatic carbocycles. The van der Waals surface area contributed by atoms with Crippen LogP contribution < -0.4 is 11.5 Å². The lowest BCUT2D eigenvalue weighted by Crippen LogP contribution is -2.03. The van der Waals surface area contributed by atoms with Gasteiger partial charge in [-0.1, -0.05) is 62.4 Å². The van der Waals surface area contributed by atoms with Crippen molar-refractivity contribution in [3.8, 4) is 0 Å². The maximum atomic E-state index is 6.12. The van der Waals surface area contributed by atoms with Crippen LogP contribution in [-0.4, -0.2) is 0 Å². The predicted molar refractivity (Wildman–Crippen MR) is 131 cm³/mol. The first-order valence-electron chi connectivity index (χ1n) is 11.0. The van der Waals surface area contributed by atoms with E-state index in [1.807, 2.05) is 0 Å². The highest BCUT2D eigenvalue weighted by Crippen LogP contribution is 2.28. The summed E-state index contributed by atoms with van der Waals surface area (Å²) in [6, 6.07) is 18.1. The van der Waals surface area contributed by atoms with Gasteiger partial charge in [-0.15, -0.1) is 0 Å². The second-order valence-electron chi connectivity index (χ2n) is 9.16. The second kappa shape index (κ2) is 8.95. The van der Waals surface area contributed by atoms with Crippen molar-refractivity contribution in [2.45, 2.75) is 66.2 Å². The van der Waals surface area contributed by atoms with Crippen LogP contribution in [0, 0.1) is 27.7 Å². The molecule has 158 valence electrons. The van der Waals surface area contributed by atoms with Crippen molar-refractivity contribution in [3.05, 3.63) is 93.0 Å². The molecule has 0 aliphatic rings. The van der Waals surface area contributed by atoms with Gasteiger partial charge in [-0.2, -0.15) is 0 Å². The summed E-state index contributed by atoms with van der Waals surface area (Å²) >= 11 is 0. The van der Waals surface area contributed by atoms with Crippen LogP contribution >= 0.6 is 0 Å². The van der Waals surface area contributed by atoms with Gasteiger partial charge < -0.3 is 11.5 Å². The molecule has 0 aromatic heterocycles. The molecular weight excluding hydrogens is 364 g/mol. The van der Waals surface area contributed by atoms with Gasteiger partial charge in [0.15, 0.2) is 0 Å². The van der Waals surface area contributed by atoms with Crippen molar-refractivity contribution in [3.63, 3.8) is 0 Å². The normalized spacial score (nSPS) is 13.3. The first-order chi connectivity index (χ1) is 14.2. The van der Waals surface area contributed by atoms with Crippen LogP contribution in [0.4, 0.5) is 11.4 Å². The van der Waals surface area contributed by atoms with E-state index in [2.05, 4.69) is 90.1 Å². The summed E-state index contributed by atoms with van der Waals surface area (Å²) in [5, 5.41) is 0. The summed E-state index contributed by atoms with van der Waals surface area (Å²) in [5.74, 6) is 0.932. The summed E-state index contributed by atoms with van der Waals surface area (Å²) in [6.45, 7) is 13.0. The zero-order chi connectivity index (χ0) is 22.0. The number of nitrogens with two attached hydrogens (primary N) is 2.